The van der Waals surface area contributed by atoms with Gasteiger partial charge in [-0.2, -0.15) is 0 Å². The standard InChI is InChI=1S/C36H38N4O6S3/c1-5-45-33(42)31-24-17-18-39(35(44)46-36(2,3)4)20-29(24)49-32(31)38-30(41)21-47-23-12-10-11-22(19-23)37-34(43)40-25-13-6-8-15-27(25)48-28-16-9-7-14-26(28)40/h6-16,19,25,27H,5,17-18,20-21H2,1-4H3,(H,37,43)(H,38,41). The largest absolute Gasteiger partial charge is 0.462 e. The molecule has 10 nitrogen and oxygen atoms in total. The monoisotopic (exact) mass is 718 g/mol. The molecule has 2 atom stereocenters. The van der Waals surface area contributed by atoms with Crippen molar-refractivity contribution in [2.24, 2.45) is 0 Å². The van der Waals surface area contributed by atoms with E-state index in [-0.39, 0.29) is 42.1 Å². The number of carbonyl (C=O) groups is 4. The van der Waals surface area contributed by atoms with Crippen LogP contribution in [0.4, 0.5) is 26.0 Å². The van der Waals surface area contributed by atoms with Crippen LogP contribution in [0.25, 0.3) is 0 Å². The summed E-state index contributed by atoms with van der Waals surface area (Å²) >= 11 is 4.34. The lowest BCUT2D eigenvalue weighted by molar-refractivity contribution is -0.113. The Kier molecular flexibility index (Phi) is 10.4. The fourth-order valence-corrected chi connectivity index (χ4v) is 9.06. The van der Waals surface area contributed by atoms with Gasteiger partial charge in [0.15, 0.2) is 0 Å². The molecule has 6 rings (SSSR count). The van der Waals surface area contributed by atoms with Gasteiger partial charge < -0.3 is 25.0 Å². The predicted octanol–water partition coefficient (Wildman–Crippen LogP) is 7.96. The molecule has 1 aromatic heterocycles. The number of thiophene rings is 1. The first-order valence-corrected chi connectivity index (χ1v) is 18.7. The molecule has 2 unspecified atom stereocenters. The summed E-state index contributed by atoms with van der Waals surface area (Å²) in [7, 11) is 0. The van der Waals surface area contributed by atoms with Gasteiger partial charge in [0.05, 0.1) is 41.4 Å². The van der Waals surface area contributed by atoms with E-state index in [0.717, 1.165) is 25.9 Å². The maximum Gasteiger partial charge on any atom is 0.410 e. The Balaban J connectivity index is 1.12. The van der Waals surface area contributed by atoms with Crippen LogP contribution in [-0.2, 0) is 27.2 Å². The topological polar surface area (TPSA) is 117 Å². The second-order valence-electron chi connectivity index (χ2n) is 12.6. The van der Waals surface area contributed by atoms with E-state index >= 15 is 0 Å². The summed E-state index contributed by atoms with van der Waals surface area (Å²) in [6, 6.07) is 14.9. The molecule has 3 aliphatic rings. The predicted molar refractivity (Wildman–Crippen MR) is 196 cm³/mol. The first kappa shape index (κ1) is 34.7. The van der Waals surface area contributed by atoms with Crippen LogP contribution in [0, 0.1) is 0 Å². The number of benzene rings is 2. The molecule has 256 valence electrons. The van der Waals surface area contributed by atoms with Gasteiger partial charge in [-0.25, -0.2) is 14.4 Å². The highest BCUT2D eigenvalue weighted by Gasteiger charge is 2.37. The third kappa shape index (κ3) is 8.00. The molecular formula is C36H38N4O6S3. The van der Waals surface area contributed by atoms with Crippen LogP contribution in [-0.4, -0.2) is 64.7 Å². The molecule has 2 aliphatic heterocycles. The smallest absolute Gasteiger partial charge is 0.410 e. The number of allylic oxidation sites excluding steroid dienone is 2. The number of rotatable bonds is 7. The summed E-state index contributed by atoms with van der Waals surface area (Å²) in [4.78, 5) is 58.8. The maximum absolute atomic E-state index is 13.7. The minimum absolute atomic E-state index is 0.0733. The molecule has 2 aromatic carbocycles. The van der Waals surface area contributed by atoms with Gasteiger partial charge in [0.25, 0.3) is 0 Å². The van der Waals surface area contributed by atoms with Crippen molar-refractivity contribution in [2.75, 3.05) is 34.4 Å². The van der Waals surface area contributed by atoms with Crippen molar-refractivity contribution in [3.05, 3.63) is 88.8 Å². The number of anilines is 3. The number of para-hydroxylation sites is 1. The van der Waals surface area contributed by atoms with Crippen LogP contribution in [0.3, 0.4) is 0 Å². The fraction of sp³-hybridized carbons (Fsp3) is 0.333. The van der Waals surface area contributed by atoms with E-state index in [2.05, 4.69) is 16.7 Å². The number of nitrogens with zero attached hydrogens (tertiary/aromatic N) is 2. The average Bonchev–Trinajstić information content (AvgIpc) is 3.42. The minimum Gasteiger partial charge on any atom is -0.462 e. The number of esters is 1. The van der Waals surface area contributed by atoms with Crippen LogP contribution >= 0.6 is 34.9 Å². The normalized spacial score (nSPS) is 17.8. The zero-order valence-electron chi connectivity index (χ0n) is 27.7. The lowest BCUT2D eigenvalue weighted by Crippen LogP contribution is -2.49. The molecule has 0 saturated carbocycles. The molecule has 0 bridgehead atoms. The Hall–Kier alpha value is -4.20. The molecule has 13 heteroatoms. The van der Waals surface area contributed by atoms with Crippen molar-refractivity contribution < 1.29 is 28.7 Å². The van der Waals surface area contributed by atoms with E-state index in [1.807, 2.05) is 87.5 Å². The Morgan fingerprint density at radius 2 is 1.82 bits per heavy atom. The Bertz CT molecular complexity index is 1830. The van der Waals surface area contributed by atoms with Crippen LogP contribution in [0.1, 0.15) is 48.5 Å². The molecule has 0 spiro atoms. The SMILES string of the molecule is CCOC(=O)c1c(NC(=O)CSc2cccc(NC(=O)N3c4ccccc4SC4C=CC=CC43)c2)sc2c1CCN(C(=O)OC(C)(C)C)C2. The number of hydrogen-bond donors (Lipinski definition) is 2. The van der Waals surface area contributed by atoms with Gasteiger partial charge in [0, 0.05) is 26.9 Å². The average molecular weight is 719 g/mol. The van der Waals surface area contributed by atoms with Gasteiger partial charge in [-0.1, -0.05) is 42.5 Å². The van der Waals surface area contributed by atoms with Crippen LogP contribution in [0.2, 0.25) is 0 Å². The number of fused-ring (bicyclic) bond motifs is 3. The van der Waals surface area contributed by atoms with E-state index in [0.29, 0.717) is 29.2 Å². The molecule has 2 N–H and O–H groups in total. The summed E-state index contributed by atoms with van der Waals surface area (Å²) in [5.74, 6) is -0.722. The Labute approximate surface area is 298 Å². The van der Waals surface area contributed by atoms with Crippen LogP contribution < -0.4 is 15.5 Å². The van der Waals surface area contributed by atoms with Crippen molar-refractivity contribution in [2.45, 2.75) is 67.3 Å². The molecular weight excluding hydrogens is 681 g/mol. The van der Waals surface area contributed by atoms with Crippen molar-refractivity contribution in [1.29, 1.82) is 0 Å². The zero-order chi connectivity index (χ0) is 34.7. The lowest BCUT2D eigenvalue weighted by Gasteiger charge is -2.40. The molecule has 0 saturated heterocycles. The van der Waals surface area contributed by atoms with E-state index in [4.69, 9.17) is 9.47 Å². The third-order valence-corrected chi connectivity index (χ3v) is 11.3. The molecule has 1 aliphatic carbocycles. The number of carbonyl (C=O) groups excluding carboxylic acids is 4. The van der Waals surface area contributed by atoms with Gasteiger partial charge in [0.1, 0.15) is 10.6 Å². The molecule has 0 fully saturated rings. The first-order chi connectivity index (χ1) is 23.5. The van der Waals surface area contributed by atoms with E-state index in [1.165, 1.54) is 23.1 Å². The van der Waals surface area contributed by atoms with Crippen molar-refractivity contribution in [1.82, 2.24) is 4.90 Å². The van der Waals surface area contributed by atoms with E-state index < -0.39 is 17.7 Å². The molecule has 4 amide bonds. The summed E-state index contributed by atoms with van der Waals surface area (Å²) in [6.07, 6.45) is 8.17. The molecule has 3 aromatic rings. The van der Waals surface area contributed by atoms with E-state index in [1.54, 1.807) is 28.5 Å². The number of thioether (sulfide) groups is 2. The van der Waals surface area contributed by atoms with Gasteiger partial charge >= 0.3 is 18.1 Å². The lowest BCUT2D eigenvalue weighted by atomic mass is 10.0. The number of amides is 4. The van der Waals surface area contributed by atoms with Crippen molar-refractivity contribution in [3.8, 4) is 0 Å². The summed E-state index contributed by atoms with van der Waals surface area (Å²) in [5, 5.41) is 6.50. The van der Waals surface area contributed by atoms with Gasteiger partial charge in [-0.15, -0.1) is 34.9 Å². The highest BCUT2D eigenvalue weighted by Crippen LogP contribution is 2.44. The summed E-state index contributed by atoms with van der Waals surface area (Å²) in [5.41, 5.74) is 1.98. The number of urea groups is 1. The van der Waals surface area contributed by atoms with Crippen molar-refractivity contribution in [3.63, 3.8) is 0 Å². The van der Waals surface area contributed by atoms with E-state index in [9.17, 15) is 19.2 Å². The number of hydrogen-bond acceptors (Lipinski definition) is 9. The second-order valence-corrected chi connectivity index (χ2v) is 15.9. The second kappa shape index (κ2) is 14.7. The molecule has 49 heavy (non-hydrogen) atoms. The van der Waals surface area contributed by atoms with Crippen molar-refractivity contribution >= 4 is 75.2 Å². The zero-order valence-corrected chi connectivity index (χ0v) is 30.1. The van der Waals surface area contributed by atoms with Gasteiger partial charge in [0.2, 0.25) is 5.91 Å². The number of ether oxygens (including phenoxy) is 2. The highest BCUT2D eigenvalue weighted by atomic mass is 32.2. The Morgan fingerprint density at radius 3 is 2.61 bits per heavy atom. The fourth-order valence-electron chi connectivity index (χ4n) is 5.78. The Morgan fingerprint density at radius 1 is 1.02 bits per heavy atom. The maximum atomic E-state index is 13.7. The van der Waals surface area contributed by atoms with Gasteiger partial charge in [-0.05, 0) is 70.0 Å². The van der Waals surface area contributed by atoms with Gasteiger partial charge in [-0.3, -0.25) is 9.69 Å². The molecule has 0 radical (unpaired) electrons. The summed E-state index contributed by atoms with van der Waals surface area (Å²) in [6.45, 7) is 8.05. The summed E-state index contributed by atoms with van der Waals surface area (Å²) < 4.78 is 10.9. The first-order valence-electron chi connectivity index (χ1n) is 16.0. The highest BCUT2D eigenvalue weighted by molar-refractivity contribution is 8.00. The van der Waals surface area contributed by atoms with Crippen LogP contribution in [0.15, 0.2) is 82.6 Å². The third-order valence-electron chi connectivity index (χ3n) is 7.86. The molecule has 3 heterocycles. The minimum atomic E-state index is -0.627. The van der Waals surface area contributed by atoms with Crippen LogP contribution in [0.5, 0.6) is 0 Å². The quantitative estimate of drug-likeness (QED) is 0.187. The number of nitrogens with one attached hydrogen (secondary N) is 2.